The van der Waals surface area contributed by atoms with Crippen LogP contribution >= 0.6 is 0 Å². The lowest BCUT2D eigenvalue weighted by molar-refractivity contribution is -0.350. The Kier molecular flexibility index (Phi) is 4.70. The molecule has 2 rings (SSSR count). The van der Waals surface area contributed by atoms with Crippen LogP contribution in [0.2, 0.25) is 0 Å². The summed E-state index contributed by atoms with van der Waals surface area (Å²) in [7, 11) is 1.17. The molecule has 0 saturated carbocycles. The fourth-order valence-electron chi connectivity index (χ4n) is 2.26. The number of alkyl halides is 2. The van der Waals surface area contributed by atoms with Crippen LogP contribution in [0.4, 0.5) is 8.78 Å². The molecule has 0 radical (unpaired) electrons. The Morgan fingerprint density at radius 2 is 1.95 bits per heavy atom. The number of aliphatic hydroxyl groups is 1. The average molecular weight is 288 g/mol. The van der Waals surface area contributed by atoms with Gasteiger partial charge in [-0.2, -0.15) is 8.78 Å². The fraction of sp³-hybridized carbons (Fsp3) is 0.571. The normalized spacial score (nSPS) is 33.0. The van der Waals surface area contributed by atoms with Crippen molar-refractivity contribution in [1.29, 1.82) is 0 Å². The van der Waals surface area contributed by atoms with Crippen molar-refractivity contribution in [3.05, 3.63) is 35.9 Å². The summed E-state index contributed by atoms with van der Waals surface area (Å²) in [6.45, 7) is 1.74. The predicted octanol–water partition coefficient (Wildman–Crippen LogP) is 1.96. The fourth-order valence-corrected chi connectivity index (χ4v) is 2.26. The van der Waals surface area contributed by atoms with Gasteiger partial charge in [0.25, 0.3) is 0 Å². The highest BCUT2D eigenvalue weighted by Gasteiger charge is 2.58. The Morgan fingerprint density at radius 3 is 2.55 bits per heavy atom. The molecule has 1 aliphatic heterocycles. The lowest BCUT2D eigenvalue weighted by atomic mass is 9.98. The van der Waals surface area contributed by atoms with Gasteiger partial charge in [-0.15, -0.1) is 0 Å². The minimum atomic E-state index is -3.51. The van der Waals surface area contributed by atoms with Crippen molar-refractivity contribution in [2.45, 2.75) is 44.1 Å². The first kappa shape index (κ1) is 15.3. The molecule has 0 bridgehead atoms. The van der Waals surface area contributed by atoms with Gasteiger partial charge in [-0.25, -0.2) is 0 Å². The van der Waals surface area contributed by atoms with Gasteiger partial charge in [0.2, 0.25) is 6.29 Å². The summed E-state index contributed by atoms with van der Waals surface area (Å²) < 4.78 is 42.9. The van der Waals surface area contributed by atoms with E-state index in [0.717, 1.165) is 5.56 Å². The summed E-state index contributed by atoms with van der Waals surface area (Å²) in [5.74, 6) is -3.51. The van der Waals surface area contributed by atoms with E-state index >= 15 is 0 Å². The Balaban J connectivity index is 2.08. The number of ether oxygens (including phenoxy) is 3. The Labute approximate surface area is 116 Å². The van der Waals surface area contributed by atoms with Crippen LogP contribution in [-0.4, -0.2) is 42.7 Å². The number of hydrogen-bond acceptors (Lipinski definition) is 4. The van der Waals surface area contributed by atoms with Crippen molar-refractivity contribution in [2.75, 3.05) is 7.11 Å². The van der Waals surface area contributed by atoms with Gasteiger partial charge >= 0.3 is 5.92 Å². The van der Waals surface area contributed by atoms with E-state index in [1.165, 1.54) is 7.11 Å². The molecule has 0 amide bonds. The Bertz CT molecular complexity index is 426. The molecule has 112 valence electrons. The van der Waals surface area contributed by atoms with Crippen LogP contribution < -0.4 is 0 Å². The van der Waals surface area contributed by atoms with Crippen molar-refractivity contribution < 1.29 is 28.1 Å². The Hall–Kier alpha value is -1.08. The molecule has 1 aliphatic rings. The van der Waals surface area contributed by atoms with Crippen LogP contribution in [0.15, 0.2) is 30.3 Å². The zero-order valence-electron chi connectivity index (χ0n) is 11.3. The molecule has 1 N–H and O–H groups in total. The molecule has 4 nitrogen and oxygen atoms in total. The summed E-state index contributed by atoms with van der Waals surface area (Å²) in [6.07, 6.45) is -5.39. The van der Waals surface area contributed by atoms with Crippen molar-refractivity contribution in [3.63, 3.8) is 0 Å². The maximum absolute atomic E-state index is 13.8. The highest BCUT2D eigenvalue weighted by molar-refractivity contribution is 5.13. The lowest BCUT2D eigenvalue weighted by Crippen LogP contribution is -2.62. The van der Waals surface area contributed by atoms with Gasteiger partial charge in [0, 0.05) is 7.11 Å². The van der Waals surface area contributed by atoms with E-state index in [9.17, 15) is 13.9 Å². The molecular formula is C14H18F2O4. The largest absolute Gasteiger partial charge is 0.372 e. The highest BCUT2D eigenvalue weighted by Crippen LogP contribution is 2.36. The van der Waals surface area contributed by atoms with Crippen molar-refractivity contribution >= 4 is 0 Å². The molecular weight excluding hydrogens is 270 g/mol. The van der Waals surface area contributed by atoms with Gasteiger partial charge in [-0.1, -0.05) is 30.3 Å². The summed E-state index contributed by atoms with van der Waals surface area (Å²) in [5.41, 5.74) is 0.865. The van der Waals surface area contributed by atoms with E-state index in [1.54, 1.807) is 6.92 Å². The minimum absolute atomic E-state index is 0.172. The zero-order valence-corrected chi connectivity index (χ0v) is 11.3. The van der Waals surface area contributed by atoms with E-state index < -0.39 is 30.5 Å². The summed E-state index contributed by atoms with van der Waals surface area (Å²) in [6, 6.07) is 9.21. The monoisotopic (exact) mass is 288 g/mol. The van der Waals surface area contributed by atoms with Gasteiger partial charge in [-0.05, 0) is 12.5 Å². The molecule has 20 heavy (non-hydrogen) atoms. The van der Waals surface area contributed by atoms with Crippen LogP contribution in [0.1, 0.15) is 12.5 Å². The lowest BCUT2D eigenvalue weighted by Gasteiger charge is -2.42. The number of benzene rings is 1. The maximum atomic E-state index is 13.8. The van der Waals surface area contributed by atoms with Gasteiger partial charge in [0.05, 0.1) is 12.7 Å². The van der Waals surface area contributed by atoms with Crippen molar-refractivity contribution in [3.8, 4) is 0 Å². The van der Waals surface area contributed by atoms with Gasteiger partial charge in [-0.3, -0.25) is 0 Å². The third-order valence-corrected chi connectivity index (χ3v) is 3.35. The zero-order chi connectivity index (χ0) is 14.8. The van der Waals surface area contributed by atoms with Crippen LogP contribution in [0, 0.1) is 0 Å². The predicted molar refractivity (Wildman–Crippen MR) is 67.3 cm³/mol. The summed E-state index contributed by atoms with van der Waals surface area (Å²) in [5, 5.41) is 9.30. The van der Waals surface area contributed by atoms with E-state index in [2.05, 4.69) is 0 Å². The van der Waals surface area contributed by atoms with Crippen LogP contribution in [0.5, 0.6) is 0 Å². The van der Waals surface area contributed by atoms with Crippen LogP contribution in [0.25, 0.3) is 0 Å². The number of rotatable bonds is 4. The van der Waals surface area contributed by atoms with Gasteiger partial charge in [0.1, 0.15) is 6.10 Å². The van der Waals surface area contributed by atoms with Crippen molar-refractivity contribution in [1.82, 2.24) is 0 Å². The molecule has 1 aromatic rings. The third-order valence-electron chi connectivity index (χ3n) is 3.35. The molecule has 0 spiro atoms. The number of methoxy groups -OCH3 is 1. The van der Waals surface area contributed by atoms with Gasteiger partial charge in [0.15, 0.2) is 6.10 Å². The van der Waals surface area contributed by atoms with Crippen LogP contribution in [-0.2, 0) is 20.8 Å². The first-order chi connectivity index (χ1) is 9.46. The molecule has 4 atom stereocenters. The van der Waals surface area contributed by atoms with E-state index in [4.69, 9.17) is 14.2 Å². The van der Waals surface area contributed by atoms with E-state index in [-0.39, 0.29) is 6.61 Å². The SMILES string of the molecule is CO[C@@H]1[C@@H](OCc2ccccc2)[C@H](C)O[C@@H](O)C1(F)F. The van der Waals surface area contributed by atoms with Crippen LogP contribution in [0.3, 0.4) is 0 Å². The molecule has 0 aromatic heterocycles. The minimum Gasteiger partial charge on any atom is -0.372 e. The molecule has 1 heterocycles. The second kappa shape index (κ2) is 6.13. The molecule has 0 unspecified atom stereocenters. The number of hydrogen-bond donors (Lipinski definition) is 1. The molecule has 1 aromatic carbocycles. The second-order valence-corrected chi connectivity index (χ2v) is 4.79. The standard InChI is InChI=1S/C14H18F2O4/c1-9-11(19-8-10-6-4-3-5-7-10)12(18-2)14(15,16)13(17)20-9/h3-7,9,11-13,17H,8H2,1-2H3/t9-,11-,12+,13+/m0/s1. The second-order valence-electron chi connectivity index (χ2n) is 4.79. The quantitative estimate of drug-likeness (QED) is 0.920. The number of halogens is 2. The molecule has 0 aliphatic carbocycles. The first-order valence-electron chi connectivity index (χ1n) is 6.36. The van der Waals surface area contributed by atoms with Gasteiger partial charge < -0.3 is 19.3 Å². The van der Waals surface area contributed by atoms with Crippen molar-refractivity contribution in [2.24, 2.45) is 0 Å². The molecule has 6 heteroatoms. The summed E-state index contributed by atoms with van der Waals surface area (Å²) >= 11 is 0. The van der Waals surface area contributed by atoms with E-state index in [0.29, 0.717) is 0 Å². The Morgan fingerprint density at radius 1 is 1.30 bits per heavy atom. The molecule has 1 saturated heterocycles. The first-order valence-corrected chi connectivity index (χ1v) is 6.36. The highest BCUT2D eigenvalue weighted by atomic mass is 19.3. The average Bonchev–Trinajstić information content (AvgIpc) is 2.42. The summed E-state index contributed by atoms with van der Waals surface area (Å²) in [4.78, 5) is 0. The van der Waals surface area contributed by atoms with E-state index in [1.807, 2.05) is 30.3 Å². The third kappa shape index (κ3) is 2.98. The maximum Gasteiger partial charge on any atom is 0.325 e. The number of aliphatic hydroxyl groups excluding tert-OH is 1. The molecule has 1 fully saturated rings. The topological polar surface area (TPSA) is 47.9 Å². The smallest absolute Gasteiger partial charge is 0.325 e.